The van der Waals surface area contributed by atoms with Gasteiger partial charge in [-0.15, -0.1) is 0 Å². The van der Waals surface area contributed by atoms with Crippen LogP contribution in [0.15, 0.2) is 23.0 Å². The Kier molecular flexibility index (Phi) is 8.65. The van der Waals surface area contributed by atoms with E-state index in [9.17, 15) is 4.79 Å². The van der Waals surface area contributed by atoms with Gasteiger partial charge in [0.1, 0.15) is 0 Å². The first-order chi connectivity index (χ1) is 13.8. The quantitative estimate of drug-likeness (QED) is 0.549. The van der Waals surface area contributed by atoms with Crippen LogP contribution in [0.3, 0.4) is 0 Å². The summed E-state index contributed by atoms with van der Waals surface area (Å²) in [6.07, 6.45) is 0. The van der Waals surface area contributed by atoms with E-state index in [0.717, 1.165) is 59.9 Å². The fourth-order valence-electron chi connectivity index (χ4n) is 3.45. The second kappa shape index (κ2) is 10.7. The first-order valence-corrected chi connectivity index (χ1v) is 11.2. The molecule has 0 radical (unpaired) electrons. The summed E-state index contributed by atoms with van der Waals surface area (Å²) < 4.78 is 0. The van der Waals surface area contributed by atoms with Gasteiger partial charge in [0.2, 0.25) is 0 Å². The minimum absolute atomic E-state index is 0.0296. The first kappa shape index (κ1) is 23.4. The van der Waals surface area contributed by atoms with Crippen molar-refractivity contribution in [1.29, 1.82) is 0 Å². The zero-order valence-corrected chi connectivity index (χ0v) is 19.6. The monoisotopic (exact) mass is 417 g/mol. The number of likely N-dealkylation sites (N-methyl/N-ethyl adjacent to an activating group) is 1. The summed E-state index contributed by atoms with van der Waals surface area (Å²) >= 11 is 5.69. The van der Waals surface area contributed by atoms with Crippen LogP contribution in [-0.4, -0.2) is 47.7 Å². The van der Waals surface area contributed by atoms with Gasteiger partial charge in [0.15, 0.2) is 5.11 Å². The van der Waals surface area contributed by atoms with Crippen molar-refractivity contribution >= 4 is 28.2 Å². The molecule has 29 heavy (non-hydrogen) atoms. The Morgan fingerprint density at radius 2 is 1.93 bits per heavy atom. The number of H-pyrrole nitrogens is 1. The van der Waals surface area contributed by atoms with E-state index >= 15 is 0 Å². The van der Waals surface area contributed by atoms with Crippen LogP contribution >= 0.6 is 12.2 Å². The molecular formula is C23H37N4OS+. The lowest BCUT2D eigenvalue weighted by atomic mass is 10.0. The highest BCUT2D eigenvalue weighted by Crippen LogP contribution is 2.19. The Bertz CT molecular complexity index is 886. The fraction of sp³-hybridized carbons (Fsp3) is 0.565. The van der Waals surface area contributed by atoms with E-state index < -0.39 is 0 Å². The van der Waals surface area contributed by atoms with Crippen LogP contribution in [0.5, 0.6) is 0 Å². The van der Waals surface area contributed by atoms with Crippen LogP contribution in [0, 0.1) is 19.8 Å². The largest absolute Gasteiger partial charge is 0.362 e. The Hall–Kier alpha value is -1.92. The molecule has 0 aliphatic rings. The highest BCUT2D eigenvalue weighted by molar-refractivity contribution is 7.80. The van der Waals surface area contributed by atoms with Crippen LogP contribution in [-0.2, 0) is 6.54 Å². The van der Waals surface area contributed by atoms with Gasteiger partial charge in [-0.2, -0.15) is 0 Å². The lowest BCUT2D eigenvalue weighted by Gasteiger charge is -2.28. The molecule has 1 aromatic carbocycles. The molecule has 0 saturated carbocycles. The predicted octanol–water partition coefficient (Wildman–Crippen LogP) is 2.40. The summed E-state index contributed by atoms with van der Waals surface area (Å²) in [5, 5.41) is 5.17. The van der Waals surface area contributed by atoms with Gasteiger partial charge in [0.25, 0.3) is 5.56 Å². The van der Waals surface area contributed by atoms with E-state index in [1.165, 1.54) is 10.5 Å². The Labute approximate surface area is 180 Å². The molecule has 0 spiro atoms. The number of fused-ring (bicyclic) bond motifs is 1. The maximum Gasteiger partial charge on any atom is 0.253 e. The molecule has 3 N–H and O–H groups in total. The molecule has 1 heterocycles. The summed E-state index contributed by atoms with van der Waals surface area (Å²) in [6, 6.07) is 6.20. The van der Waals surface area contributed by atoms with Crippen LogP contribution < -0.4 is 15.8 Å². The minimum Gasteiger partial charge on any atom is -0.362 e. The van der Waals surface area contributed by atoms with Crippen molar-refractivity contribution in [2.45, 2.75) is 48.1 Å². The standard InChI is InChI=1S/C23H36N4OS/c1-7-26(8-2)11-12-27(23(29)24-14-16(3)4)15-20-13-19-10-9-17(5)18(6)21(19)25-22(20)28/h9-10,13,16H,7-8,11-12,14-15H2,1-6H3,(H,24,29)(H,25,28)/p+1. The number of benzene rings is 1. The van der Waals surface area contributed by atoms with Crippen LogP contribution in [0.4, 0.5) is 0 Å². The molecule has 1 aromatic heterocycles. The third kappa shape index (κ3) is 6.28. The molecule has 2 aromatic rings. The molecule has 0 atom stereocenters. The Morgan fingerprint density at radius 1 is 1.24 bits per heavy atom. The molecule has 0 aliphatic heterocycles. The average molecular weight is 418 g/mol. The molecule has 0 saturated heterocycles. The third-order valence-corrected chi connectivity index (χ3v) is 6.08. The lowest BCUT2D eigenvalue weighted by molar-refractivity contribution is -0.895. The molecule has 2 rings (SSSR count). The molecule has 5 nitrogen and oxygen atoms in total. The summed E-state index contributed by atoms with van der Waals surface area (Å²) in [5.74, 6) is 0.512. The number of quaternary nitrogens is 1. The summed E-state index contributed by atoms with van der Waals surface area (Å²) in [5.41, 5.74) is 3.96. The molecule has 0 unspecified atom stereocenters. The highest BCUT2D eigenvalue weighted by Gasteiger charge is 2.16. The van der Waals surface area contributed by atoms with E-state index in [2.05, 4.69) is 68.9 Å². The summed E-state index contributed by atoms with van der Waals surface area (Å²) in [4.78, 5) is 19.6. The lowest BCUT2D eigenvalue weighted by Crippen LogP contribution is -3.12. The van der Waals surface area contributed by atoms with Crippen molar-refractivity contribution in [3.05, 3.63) is 45.2 Å². The van der Waals surface area contributed by atoms with Gasteiger partial charge in [0.05, 0.1) is 38.2 Å². The number of thiocarbonyl (C=S) groups is 1. The molecule has 0 amide bonds. The van der Waals surface area contributed by atoms with Crippen molar-refractivity contribution < 1.29 is 4.90 Å². The van der Waals surface area contributed by atoms with Crippen LogP contribution in [0.2, 0.25) is 0 Å². The molecule has 6 heteroatoms. The molecule has 0 aliphatic carbocycles. The van der Waals surface area contributed by atoms with Crippen molar-refractivity contribution in [3.8, 4) is 0 Å². The van der Waals surface area contributed by atoms with Crippen LogP contribution in [0.1, 0.15) is 44.4 Å². The van der Waals surface area contributed by atoms with Crippen LogP contribution in [0.25, 0.3) is 10.9 Å². The number of hydrogen-bond acceptors (Lipinski definition) is 2. The number of aryl methyl sites for hydroxylation is 2. The van der Waals surface area contributed by atoms with E-state index in [4.69, 9.17) is 12.2 Å². The summed E-state index contributed by atoms with van der Waals surface area (Å²) in [6.45, 7) is 18.2. The van der Waals surface area contributed by atoms with Gasteiger partial charge in [-0.05, 0) is 68.4 Å². The van der Waals surface area contributed by atoms with Crippen molar-refractivity contribution in [2.75, 3.05) is 32.7 Å². The SMILES string of the molecule is CC[NH+](CC)CCN(Cc1cc2ccc(C)c(C)c2[nH]c1=O)C(=S)NCC(C)C. The second-order valence-electron chi connectivity index (χ2n) is 8.30. The molecule has 0 bridgehead atoms. The number of rotatable bonds is 9. The third-order valence-electron chi connectivity index (χ3n) is 5.67. The maximum absolute atomic E-state index is 12.8. The Morgan fingerprint density at radius 3 is 2.55 bits per heavy atom. The number of pyridine rings is 1. The number of aromatic amines is 1. The van der Waals surface area contributed by atoms with Gasteiger partial charge in [0, 0.05) is 12.1 Å². The normalized spacial score (nSPS) is 11.4. The first-order valence-electron chi connectivity index (χ1n) is 10.7. The van der Waals surface area contributed by atoms with E-state index in [-0.39, 0.29) is 5.56 Å². The Balaban J connectivity index is 2.28. The van der Waals surface area contributed by atoms with Crippen molar-refractivity contribution in [1.82, 2.24) is 15.2 Å². The number of nitrogens with one attached hydrogen (secondary N) is 3. The van der Waals surface area contributed by atoms with Gasteiger partial charge < -0.3 is 20.1 Å². The number of hydrogen-bond donors (Lipinski definition) is 3. The highest BCUT2D eigenvalue weighted by atomic mass is 32.1. The van der Waals surface area contributed by atoms with E-state index in [0.29, 0.717) is 12.5 Å². The smallest absolute Gasteiger partial charge is 0.253 e. The second-order valence-corrected chi connectivity index (χ2v) is 8.69. The zero-order chi connectivity index (χ0) is 21.6. The molecular weight excluding hydrogens is 380 g/mol. The fourth-order valence-corrected chi connectivity index (χ4v) is 3.68. The number of nitrogens with zero attached hydrogens (tertiary/aromatic N) is 1. The minimum atomic E-state index is -0.0296. The van der Waals surface area contributed by atoms with Gasteiger partial charge >= 0.3 is 0 Å². The van der Waals surface area contributed by atoms with Gasteiger partial charge in [-0.25, -0.2) is 0 Å². The van der Waals surface area contributed by atoms with Gasteiger partial charge in [-0.1, -0.05) is 26.0 Å². The van der Waals surface area contributed by atoms with Crippen molar-refractivity contribution in [3.63, 3.8) is 0 Å². The summed E-state index contributed by atoms with van der Waals surface area (Å²) in [7, 11) is 0. The number of aromatic nitrogens is 1. The average Bonchev–Trinajstić information content (AvgIpc) is 2.69. The van der Waals surface area contributed by atoms with E-state index in [1.54, 1.807) is 0 Å². The predicted molar refractivity (Wildman–Crippen MR) is 127 cm³/mol. The zero-order valence-electron chi connectivity index (χ0n) is 18.8. The topological polar surface area (TPSA) is 52.6 Å². The van der Waals surface area contributed by atoms with Gasteiger partial charge in [-0.3, -0.25) is 4.79 Å². The van der Waals surface area contributed by atoms with Crippen molar-refractivity contribution in [2.24, 2.45) is 5.92 Å². The van der Waals surface area contributed by atoms with E-state index in [1.807, 2.05) is 6.07 Å². The maximum atomic E-state index is 12.8. The molecule has 0 fully saturated rings. The molecule has 160 valence electrons.